The van der Waals surface area contributed by atoms with Crippen molar-refractivity contribution < 1.29 is 24.2 Å². The number of urea groups is 1. The number of nitrogens with one attached hydrogen (secondary N) is 3. The molecule has 1 aliphatic heterocycles. The number of methoxy groups -OCH3 is 1. The first-order valence-corrected chi connectivity index (χ1v) is 8.89. The van der Waals surface area contributed by atoms with E-state index in [1.54, 1.807) is 19.3 Å². The van der Waals surface area contributed by atoms with Crippen LogP contribution in [0, 0.1) is 0 Å². The van der Waals surface area contributed by atoms with Crippen molar-refractivity contribution >= 4 is 11.9 Å². The molecule has 0 aromatic carbocycles. The van der Waals surface area contributed by atoms with Gasteiger partial charge in [-0.15, -0.1) is 0 Å². The molecule has 0 bridgehead atoms. The summed E-state index contributed by atoms with van der Waals surface area (Å²) in [7, 11) is 1.57. The smallest absolute Gasteiger partial charge is 0.315 e. The number of carbonyl (C=O) groups is 2. The van der Waals surface area contributed by atoms with Gasteiger partial charge in [-0.1, -0.05) is 25.0 Å². The molecule has 3 atom stereocenters. The zero-order valence-corrected chi connectivity index (χ0v) is 14.7. The molecule has 3 amide bonds. The third-order valence-electron chi connectivity index (χ3n) is 4.47. The first-order valence-electron chi connectivity index (χ1n) is 8.89. The van der Waals surface area contributed by atoms with Crippen molar-refractivity contribution in [3.05, 3.63) is 12.2 Å². The summed E-state index contributed by atoms with van der Waals surface area (Å²) in [5.74, 6) is -0.145. The lowest BCUT2D eigenvalue weighted by Gasteiger charge is -2.32. The average Bonchev–Trinajstić information content (AvgIpc) is 3.09. The molecule has 0 aromatic rings. The predicted octanol–water partition coefficient (Wildman–Crippen LogP) is 0.0654. The second-order valence-electron chi connectivity index (χ2n) is 6.45. The Balaban J connectivity index is 1.78. The van der Waals surface area contributed by atoms with Gasteiger partial charge in [0.05, 0.1) is 31.8 Å². The van der Waals surface area contributed by atoms with E-state index in [0.717, 1.165) is 25.7 Å². The molecule has 0 saturated heterocycles. The lowest BCUT2D eigenvalue weighted by Crippen LogP contribution is -2.53. The van der Waals surface area contributed by atoms with Crippen LogP contribution in [0.5, 0.6) is 0 Å². The van der Waals surface area contributed by atoms with Crippen LogP contribution < -0.4 is 16.0 Å². The molecule has 1 heterocycles. The van der Waals surface area contributed by atoms with Gasteiger partial charge in [0.1, 0.15) is 6.10 Å². The van der Waals surface area contributed by atoms with Crippen molar-refractivity contribution in [1.29, 1.82) is 0 Å². The number of amides is 3. The second-order valence-corrected chi connectivity index (χ2v) is 6.45. The van der Waals surface area contributed by atoms with Crippen LogP contribution in [0.1, 0.15) is 32.1 Å². The molecule has 8 heteroatoms. The Bertz CT molecular complexity index is 465. The van der Waals surface area contributed by atoms with E-state index in [1.807, 2.05) is 0 Å². The van der Waals surface area contributed by atoms with Crippen LogP contribution in [0.3, 0.4) is 0 Å². The molecule has 0 unspecified atom stereocenters. The van der Waals surface area contributed by atoms with Gasteiger partial charge in [0.2, 0.25) is 5.91 Å². The summed E-state index contributed by atoms with van der Waals surface area (Å²) in [6.07, 6.45) is 7.01. The zero-order chi connectivity index (χ0) is 18.1. The third-order valence-corrected chi connectivity index (χ3v) is 4.47. The summed E-state index contributed by atoms with van der Waals surface area (Å²) in [5.41, 5.74) is 0. The van der Waals surface area contributed by atoms with Gasteiger partial charge in [0, 0.05) is 19.7 Å². The molecule has 0 aromatic heterocycles. The van der Waals surface area contributed by atoms with Gasteiger partial charge in [-0.3, -0.25) is 4.79 Å². The summed E-state index contributed by atoms with van der Waals surface area (Å²) in [5, 5.41) is 18.0. The average molecular weight is 355 g/mol. The summed E-state index contributed by atoms with van der Waals surface area (Å²) in [6.45, 7) is 0.662. The summed E-state index contributed by atoms with van der Waals surface area (Å²) < 4.78 is 10.6. The maximum Gasteiger partial charge on any atom is 0.315 e. The van der Waals surface area contributed by atoms with Crippen LogP contribution in [0.2, 0.25) is 0 Å². The minimum absolute atomic E-state index is 0.145. The highest BCUT2D eigenvalue weighted by atomic mass is 16.5. The summed E-state index contributed by atoms with van der Waals surface area (Å²) >= 11 is 0. The van der Waals surface area contributed by atoms with Crippen LogP contribution in [-0.2, 0) is 14.3 Å². The maximum absolute atomic E-state index is 12.1. The Morgan fingerprint density at radius 3 is 2.68 bits per heavy atom. The van der Waals surface area contributed by atoms with Crippen LogP contribution in [0.15, 0.2) is 12.2 Å². The quantitative estimate of drug-likeness (QED) is 0.364. The van der Waals surface area contributed by atoms with Gasteiger partial charge < -0.3 is 30.5 Å². The molecular weight excluding hydrogens is 326 g/mol. The number of hydrogen-bond donors (Lipinski definition) is 4. The molecule has 1 aliphatic carbocycles. The highest BCUT2D eigenvalue weighted by molar-refractivity contribution is 5.77. The van der Waals surface area contributed by atoms with Crippen LogP contribution in [-0.4, -0.2) is 68.2 Å². The first-order chi connectivity index (χ1) is 12.1. The standard InChI is InChI=1S/C17H29N3O5/c1-24-9-8-18-16(22)10-13-6-7-14(15(11-21)25-13)20-17(23)19-12-4-2-3-5-12/h6-7,12-15,21H,2-5,8-11H2,1H3,(H,18,22)(H2,19,20,23)/t13-,14-,15+/m1/s1. The second kappa shape index (κ2) is 10.4. The molecule has 142 valence electrons. The van der Waals surface area contributed by atoms with Gasteiger partial charge in [-0.2, -0.15) is 0 Å². The van der Waals surface area contributed by atoms with Gasteiger partial charge in [0.15, 0.2) is 0 Å². The Kier molecular flexibility index (Phi) is 8.17. The lowest BCUT2D eigenvalue weighted by molar-refractivity contribution is -0.125. The number of aliphatic hydroxyl groups is 1. The minimum atomic E-state index is -0.573. The molecule has 8 nitrogen and oxygen atoms in total. The van der Waals surface area contributed by atoms with Crippen molar-refractivity contribution in [3.8, 4) is 0 Å². The Morgan fingerprint density at radius 2 is 2.00 bits per heavy atom. The molecular formula is C17H29N3O5. The SMILES string of the molecule is COCCNC(=O)C[C@H]1C=C[C@@H](NC(=O)NC2CCCC2)[C@H](CO)O1. The Morgan fingerprint density at radius 1 is 1.24 bits per heavy atom. The molecule has 2 aliphatic rings. The van der Waals surface area contributed by atoms with E-state index in [9.17, 15) is 14.7 Å². The van der Waals surface area contributed by atoms with Crippen molar-refractivity contribution in [1.82, 2.24) is 16.0 Å². The van der Waals surface area contributed by atoms with E-state index in [1.165, 1.54) is 0 Å². The Hall–Kier alpha value is -1.64. The number of aliphatic hydroxyl groups excluding tert-OH is 1. The van der Waals surface area contributed by atoms with Gasteiger partial charge in [-0.05, 0) is 12.8 Å². The van der Waals surface area contributed by atoms with E-state index < -0.39 is 18.2 Å². The fraction of sp³-hybridized carbons (Fsp3) is 0.765. The van der Waals surface area contributed by atoms with E-state index in [-0.39, 0.29) is 31.0 Å². The van der Waals surface area contributed by atoms with Crippen LogP contribution in [0.4, 0.5) is 4.79 Å². The fourth-order valence-corrected chi connectivity index (χ4v) is 3.13. The van der Waals surface area contributed by atoms with Crippen LogP contribution in [0.25, 0.3) is 0 Å². The Labute approximate surface area is 148 Å². The van der Waals surface area contributed by atoms with Gasteiger partial charge >= 0.3 is 6.03 Å². The zero-order valence-electron chi connectivity index (χ0n) is 14.7. The fourth-order valence-electron chi connectivity index (χ4n) is 3.13. The lowest BCUT2D eigenvalue weighted by atomic mass is 10.0. The van der Waals surface area contributed by atoms with Crippen molar-refractivity contribution in [3.63, 3.8) is 0 Å². The number of hydrogen-bond acceptors (Lipinski definition) is 5. The summed E-state index contributed by atoms with van der Waals surface area (Å²) in [6, 6.07) is -0.442. The molecule has 1 saturated carbocycles. The predicted molar refractivity (Wildman–Crippen MR) is 92.1 cm³/mol. The van der Waals surface area contributed by atoms with Crippen molar-refractivity contribution in [2.45, 2.75) is 56.4 Å². The monoisotopic (exact) mass is 355 g/mol. The first kappa shape index (κ1) is 19.7. The van der Waals surface area contributed by atoms with E-state index in [0.29, 0.717) is 13.2 Å². The highest BCUT2D eigenvalue weighted by Crippen LogP contribution is 2.18. The largest absolute Gasteiger partial charge is 0.394 e. The minimum Gasteiger partial charge on any atom is -0.394 e. The highest BCUT2D eigenvalue weighted by Gasteiger charge is 2.29. The van der Waals surface area contributed by atoms with Crippen LogP contribution >= 0.6 is 0 Å². The molecule has 4 N–H and O–H groups in total. The van der Waals surface area contributed by atoms with Gasteiger partial charge in [0.25, 0.3) is 0 Å². The maximum atomic E-state index is 12.1. The molecule has 1 fully saturated rings. The van der Waals surface area contributed by atoms with E-state index >= 15 is 0 Å². The topological polar surface area (TPSA) is 109 Å². The van der Waals surface area contributed by atoms with Crippen molar-refractivity contribution in [2.24, 2.45) is 0 Å². The van der Waals surface area contributed by atoms with E-state index in [2.05, 4.69) is 16.0 Å². The number of ether oxygens (including phenoxy) is 2. The molecule has 25 heavy (non-hydrogen) atoms. The summed E-state index contributed by atoms with van der Waals surface area (Å²) in [4.78, 5) is 23.9. The third kappa shape index (κ3) is 6.64. The molecule has 0 spiro atoms. The van der Waals surface area contributed by atoms with Crippen molar-refractivity contribution in [2.75, 3.05) is 26.9 Å². The normalized spacial score (nSPS) is 26.4. The van der Waals surface area contributed by atoms with E-state index in [4.69, 9.17) is 9.47 Å². The molecule has 0 radical (unpaired) electrons. The number of rotatable bonds is 8. The molecule has 2 rings (SSSR count). The van der Waals surface area contributed by atoms with Gasteiger partial charge in [-0.25, -0.2) is 4.79 Å². The number of carbonyl (C=O) groups excluding carboxylic acids is 2.